The van der Waals surface area contributed by atoms with Gasteiger partial charge >= 0.3 is 6.03 Å². The number of urea groups is 1. The molecule has 158 valence electrons. The topological polar surface area (TPSA) is 114 Å². The first-order chi connectivity index (χ1) is 14.9. The molecule has 2 N–H and O–H groups in total. The SMILES string of the molecule is Cc1nc2ccc3c(c2o1)S(=O)(=NC(=O)Nc1c2c(cc4c1CCC4)CCC2)NC3=O. The molecule has 2 heterocycles. The van der Waals surface area contributed by atoms with E-state index in [0.717, 1.165) is 55.3 Å². The zero-order chi connectivity index (χ0) is 21.3. The standard InChI is InChI=1S/C22H20N4O4S/c1-11-23-17-9-8-16-20(19(17)30-11)31(29,25-21(16)27)26-22(28)24-18-14-6-2-4-12(14)10-13-5-3-7-15(13)18/h8-10H,2-7H2,1H3,(H2,24,25,26,27,28,29). The van der Waals surface area contributed by atoms with Crippen molar-refractivity contribution in [1.29, 1.82) is 0 Å². The highest BCUT2D eigenvalue weighted by molar-refractivity contribution is 7.93. The number of rotatable bonds is 1. The Kier molecular flexibility index (Phi) is 3.83. The number of amides is 3. The summed E-state index contributed by atoms with van der Waals surface area (Å²) in [5.74, 6) is -0.168. The minimum absolute atomic E-state index is 0.0919. The van der Waals surface area contributed by atoms with E-state index in [2.05, 4.69) is 25.5 Å². The van der Waals surface area contributed by atoms with Gasteiger partial charge < -0.3 is 9.73 Å². The third kappa shape index (κ3) is 2.72. The van der Waals surface area contributed by atoms with Gasteiger partial charge in [-0.25, -0.2) is 14.0 Å². The summed E-state index contributed by atoms with van der Waals surface area (Å²) in [4.78, 5) is 29.7. The lowest BCUT2D eigenvalue weighted by Crippen LogP contribution is -2.23. The Labute approximate surface area is 178 Å². The summed E-state index contributed by atoms with van der Waals surface area (Å²) in [6.45, 7) is 1.67. The lowest BCUT2D eigenvalue weighted by atomic mass is 9.99. The highest BCUT2D eigenvalue weighted by Gasteiger charge is 2.36. The van der Waals surface area contributed by atoms with E-state index in [1.54, 1.807) is 13.0 Å². The fourth-order valence-corrected chi connectivity index (χ4v) is 6.78. The van der Waals surface area contributed by atoms with Gasteiger partial charge in [0.25, 0.3) is 5.91 Å². The van der Waals surface area contributed by atoms with E-state index < -0.39 is 21.9 Å². The third-order valence-corrected chi connectivity index (χ3v) is 8.13. The Bertz CT molecular complexity index is 1410. The number of carbonyl (C=O) groups is 2. The van der Waals surface area contributed by atoms with Crippen LogP contribution in [-0.4, -0.2) is 21.1 Å². The maximum Gasteiger partial charge on any atom is 0.355 e. The van der Waals surface area contributed by atoms with E-state index in [-0.39, 0.29) is 16.0 Å². The van der Waals surface area contributed by atoms with Gasteiger partial charge in [-0.1, -0.05) is 6.07 Å². The molecule has 0 saturated heterocycles. The predicted molar refractivity (Wildman–Crippen MR) is 115 cm³/mol. The molecule has 9 heteroatoms. The monoisotopic (exact) mass is 436 g/mol. The maximum absolute atomic E-state index is 13.7. The van der Waals surface area contributed by atoms with E-state index in [1.807, 2.05) is 0 Å². The zero-order valence-corrected chi connectivity index (χ0v) is 17.7. The number of carbonyl (C=O) groups excluding carboxylic acids is 2. The van der Waals surface area contributed by atoms with Crippen LogP contribution in [0.25, 0.3) is 11.1 Å². The first kappa shape index (κ1) is 18.6. The van der Waals surface area contributed by atoms with Gasteiger partial charge in [0.05, 0.1) is 5.56 Å². The van der Waals surface area contributed by atoms with Gasteiger partial charge in [-0.3, -0.25) is 9.52 Å². The van der Waals surface area contributed by atoms with Gasteiger partial charge in [-0.05, 0) is 72.9 Å². The average molecular weight is 436 g/mol. The molecule has 1 aliphatic heterocycles. The highest BCUT2D eigenvalue weighted by atomic mass is 32.2. The van der Waals surface area contributed by atoms with Crippen LogP contribution in [-0.2, 0) is 35.6 Å². The molecule has 1 aromatic heterocycles. The van der Waals surface area contributed by atoms with Crippen LogP contribution < -0.4 is 10.0 Å². The molecular weight excluding hydrogens is 416 g/mol. The minimum Gasteiger partial charge on any atom is -0.440 e. The molecule has 3 aliphatic rings. The number of fused-ring (bicyclic) bond motifs is 5. The summed E-state index contributed by atoms with van der Waals surface area (Å²) in [6.07, 6.45) is 5.94. The van der Waals surface area contributed by atoms with Crippen molar-refractivity contribution < 1.29 is 18.2 Å². The summed E-state index contributed by atoms with van der Waals surface area (Å²) in [7, 11) is -3.54. The van der Waals surface area contributed by atoms with Crippen molar-refractivity contribution in [2.24, 2.45) is 4.36 Å². The summed E-state index contributed by atoms with van der Waals surface area (Å²) < 4.78 is 25.6. The Morgan fingerprint density at radius 2 is 1.87 bits per heavy atom. The molecule has 0 bridgehead atoms. The first-order valence-corrected chi connectivity index (χ1v) is 11.9. The molecule has 0 fully saturated rings. The molecule has 3 amide bonds. The molecule has 6 rings (SSSR count). The van der Waals surface area contributed by atoms with Crippen molar-refractivity contribution in [3.8, 4) is 0 Å². The van der Waals surface area contributed by atoms with Crippen LogP contribution in [0.5, 0.6) is 0 Å². The Hall–Kier alpha value is -3.20. The van der Waals surface area contributed by atoms with Gasteiger partial charge in [-0.2, -0.15) is 0 Å². The van der Waals surface area contributed by atoms with Crippen LogP contribution in [0.1, 0.15) is 51.3 Å². The molecular formula is C22H20N4O4S. The Balaban J connectivity index is 1.45. The number of nitrogens with one attached hydrogen (secondary N) is 2. The third-order valence-electron chi connectivity index (χ3n) is 6.29. The zero-order valence-electron chi connectivity index (χ0n) is 16.9. The predicted octanol–water partition coefficient (Wildman–Crippen LogP) is 3.83. The van der Waals surface area contributed by atoms with Crippen molar-refractivity contribution in [2.75, 3.05) is 5.32 Å². The van der Waals surface area contributed by atoms with E-state index in [0.29, 0.717) is 11.4 Å². The summed E-state index contributed by atoms with van der Waals surface area (Å²) in [6, 6.07) is 4.70. The van der Waals surface area contributed by atoms with Gasteiger partial charge in [0.1, 0.15) is 10.4 Å². The minimum atomic E-state index is -3.54. The fraction of sp³-hybridized carbons (Fsp3) is 0.318. The van der Waals surface area contributed by atoms with E-state index >= 15 is 0 Å². The number of oxazole rings is 1. The molecule has 8 nitrogen and oxygen atoms in total. The van der Waals surface area contributed by atoms with Gasteiger partial charge in [0, 0.05) is 12.6 Å². The van der Waals surface area contributed by atoms with E-state index in [4.69, 9.17) is 4.42 Å². The number of anilines is 1. The molecule has 0 radical (unpaired) electrons. The molecule has 31 heavy (non-hydrogen) atoms. The van der Waals surface area contributed by atoms with Crippen molar-refractivity contribution in [1.82, 2.24) is 9.71 Å². The van der Waals surface area contributed by atoms with Crippen molar-refractivity contribution in [2.45, 2.75) is 50.3 Å². The second kappa shape index (κ2) is 6.40. The molecule has 0 spiro atoms. The normalized spacial score (nSPS) is 21.0. The Morgan fingerprint density at radius 1 is 1.16 bits per heavy atom. The second-order valence-electron chi connectivity index (χ2n) is 8.24. The van der Waals surface area contributed by atoms with E-state index in [1.165, 1.54) is 17.2 Å². The Morgan fingerprint density at radius 3 is 2.58 bits per heavy atom. The number of hydrogen-bond donors (Lipinski definition) is 2. The van der Waals surface area contributed by atoms with Crippen LogP contribution in [0, 0.1) is 6.92 Å². The van der Waals surface area contributed by atoms with Crippen LogP contribution in [0.4, 0.5) is 10.5 Å². The van der Waals surface area contributed by atoms with Crippen molar-refractivity contribution >= 4 is 38.6 Å². The van der Waals surface area contributed by atoms with Gasteiger partial charge in [-0.15, -0.1) is 4.36 Å². The van der Waals surface area contributed by atoms with Crippen LogP contribution in [0.3, 0.4) is 0 Å². The number of hydrogen-bond acceptors (Lipinski definition) is 5. The molecule has 0 saturated carbocycles. The number of aryl methyl sites for hydroxylation is 3. The molecule has 1 unspecified atom stereocenters. The molecule has 2 aromatic carbocycles. The number of nitrogens with zero attached hydrogens (tertiary/aromatic N) is 2. The van der Waals surface area contributed by atoms with Crippen molar-refractivity contribution in [3.63, 3.8) is 0 Å². The molecule has 2 aliphatic carbocycles. The summed E-state index contributed by atoms with van der Waals surface area (Å²) in [5, 5.41) is 2.91. The average Bonchev–Trinajstić information content (AvgIpc) is 3.47. The highest BCUT2D eigenvalue weighted by Crippen LogP contribution is 2.39. The lowest BCUT2D eigenvalue weighted by Gasteiger charge is -2.15. The maximum atomic E-state index is 13.7. The number of benzene rings is 2. The number of aromatic nitrogens is 1. The first-order valence-electron chi connectivity index (χ1n) is 10.4. The molecule has 1 atom stereocenters. The smallest absolute Gasteiger partial charge is 0.355 e. The summed E-state index contributed by atoms with van der Waals surface area (Å²) in [5.41, 5.74) is 6.55. The van der Waals surface area contributed by atoms with Crippen LogP contribution in [0.2, 0.25) is 0 Å². The second-order valence-corrected chi connectivity index (χ2v) is 10.1. The van der Waals surface area contributed by atoms with Gasteiger partial charge in [0.15, 0.2) is 21.4 Å². The molecule has 3 aromatic rings. The van der Waals surface area contributed by atoms with Gasteiger partial charge in [0.2, 0.25) is 0 Å². The summed E-state index contributed by atoms with van der Waals surface area (Å²) >= 11 is 0. The van der Waals surface area contributed by atoms with Crippen LogP contribution in [0.15, 0.2) is 31.9 Å². The van der Waals surface area contributed by atoms with Crippen molar-refractivity contribution in [3.05, 3.63) is 51.9 Å². The largest absolute Gasteiger partial charge is 0.440 e. The van der Waals surface area contributed by atoms with E-state index in [9.17, 15) is 13.8 Å². The lowest BCUT2D eigenvalue weighted by molar-refractivity contribution is 0.0985. The fourth-order valence-electron chi connectivity index (χ4n) is 5.05. The quantitative estimate of drug-likeness (QED) is 0.602. The van der Waals surface area contributed by atoms with Crippen LogP contribution >= 0.6 is 0 Å².